The Kier molecular flexibility index (Phi) is 6.10. The molecule has 9 nitrogen and oxygen atoms in total. The fourth-order valence-electron chi connectivity index (χ4n) is 4.71. The molecular formula is C24H26F2N6O3. The van der Waals surface area contributed by atoms with Gasteiger partial charge in [-0.15, -0.1) is 0 Å². The van der Waals surface area contributed by atoms with E-state index in [9.17, 15) is 18.8 Å². The monoisotopic (exact) mass is 484 g/mol. The van der Waals surface area contributed by atoms with Gasteiger partial charge in [0.1, 0.15) is 5.69 Å². The fourth-order valence-corrected chi connectivity index (χ4v) is 4.71. The molecule has 0 unspecified atom stereocenters. The lowest BCUT2D eigenvalue weighted by atomic mass is 9.93. The molecule has 35 heavy (non-hydrogen) atoms. The Bertz CT molecular complexity index is 1410. The van der Waals surface area contributed by atoms with Gasteiger partial charge in [-0.25, -0.2) is 14.2 Å². The van der Waals surface area contributed by atoms with Crippen molar-refractivity contribution in [3.05, 3.63) is 68.1 Å². The van der Waals surface area contributed by atoms with Crippen LogP contribution in [0.3, 0.4) is 0 Å². The average Bonchev–Trinajstić information content (AvgIpc) is 2.82. The van der Waals surface area contributed by atoms with Crippen molar-refractivity contribution in [2.24, 2.45) is 0 Å². The second kappa shape index (κ2) is 9.21. The van der Waals surface area contributed by atoms with E-state index in [0.717, 1.165) is 19.3 Å². The van der Waals surface area contributed by atoms with Crippen LogP contribution >= 0.6 is 0 Å². The summed E-state index contributed by atoms with van der Waals surface area (Å²) in [5.41, 5.74) is -0.382. The Morgan fingerprint density at radius 2 is 1.86 bits per heavy atom. The molecule has 5 rings (SSSR count). The fraction of sp³-hybridized carbons (Fsp3) is 0.417. The van der Waals surface area contributed by atoms with Crippen LogP contribution in [0.2, 0.25) is 0 Å². The molecule has 3 heterocycles. The number of rotatable bonds is 5. The van der Waals surface area contributed by atoms with Crippen molar-refractivity contribution in [2.45, 2.75) is 31.8 Å². The third-order valence-corrected chi connectivity index (χ3v) is 6.96. The molecule has 0 atom stereocenters. The first-order chi connectivity index (χ1) is 16.9. The Balaban J connectivity index is 1.30. The van der Waals surface area contributed by atoms with E-state index in [4.69, 9.17) is 0 Å². The van der Waals surface area contributed by atoms with E-state index in [0.29, 0.717) is 44.0 Å². The SMILES string of the molecule is CNC(=O)c1ccc(N2CCN(Cc3ccc4c(=O)n(C5CCC5)c(=O)[nH]c4c3F)CC2)c(F)n1. The van der Waals surface area contributed by atoms with E-state index in [-0.39, 0.29) is 22.6 Å². The molecular weight excluding hydrogens is 458 g/mol. The van der Waals surface area contributed by atoms with E-state index in [1.54, 1.807) is 12.1 Å². The van der Waals surface area contributed by atoms with Crippen molar-refractivity contribution >= 4 is 22.5 Å². The Labute approximate surface area is 199 Å². The highest BCUT2D eigenvalue weighted by atomic mass is 19.1. The highest BCUT2D eigenvalue weighted by Gasteiger charge is 2.26. The van der Waals surface area contributed by atoms with Crippen LogP contribution in [0.1, 0.15) is 41.4 Å². The lowest BCUT2D eigenvalue weighted by Crippen LogP contribution is -2.46. The highest BCUT2D eigenvalue weighted by molar-refractivity contribution is 5.92. The number of fused-ring (bicyclic) bond motifs is 1. The number of piperazine rings is 1. The summed E-state index contributed by atoms with van der Waals surface area (Å²) in [5.74, 6) is -1.77. The number of H-pyrrole nitrogens is 1. The summed E-state index contributed by atoms with van der Waals surface area (Å²) in [6, 6.07) is 6.07. The maximum atomic E-state index is 15.3. The van der Waals surface area contributed by atoms with Crippen LogP contribution < -0.4 is 21.5 Å². The number of hydrogen-bond donors (Lipinski definition) is 2. The number of anilines is 1. The second-order valence-electron chi connectivity index (χ2n) is 9.00. The van der Waals surface area contributed by atoms with E-state index in [1.165, 1.54) is 23.7 Å². The lowest BCUT2D eigenvalue weighted by Gasteiger charge is -2.36. The smallest absolute Gasteiger partial charge is 0.329 e. The summed E-state index contributed by atoms with van der Waals surface area (Å²) in [6.45, 7) is 2.38. The van der Waals surface area contributed by atoms with Gasteiger partial charge in [0, 0.05) is 51.4 Å². The van der Waals surface area contributed by atoms with Crippen LogP contribution in [0.25, 0.3) is 10.9 Å². The van der Waals surface area contributed by atoms with Gasteiger partial charge in [-0.2, -0.15) is 4.39 Å². The number of nitrogens with zero attached hydrogens (tertiary/aromatic N) is 4. The van der Waals surface area contributed by atoms with Crippen LogP contribution in [0.15, 0.2) is 33.9 Å². The summed E-state index contributed by atoms with van der Waals surface area (Å²) >= 11 is 0. The molecule has 0 radical (unpaired) electrons. The molecule has 0 spiro atoms. The minimum Gasteiger partial charge on any atom is -0.365 e. The van der Waals surface area contributed by atoms with Gasteiger partial charge in [0.25, 0.3) is 11.5 Å². The number of pyridine rings is 1. The van der Waals surface area contributed by atoms with E-state index in [1.807, 2.05) is 9.80 Å². The van der Waals surface area contributed by atoms with E-state index in [2.05, 4.69) is 15.3 Å². The Morgan fingerprint density at radius 3 is 2.49 bits per heavy atom. The number of carbonyl (C=O) groups is 1. The predicted molar refractivity (Wildman–Crippen MR) is 127 cm³/mol. The molecule has 3 aromatic rings. The maximum absolute atomic E-state index is 15.3. The zero-order valence-corrected chi connectivity index (χ0v) is 19.3. The molecule has 0 bridgehead atoms. The molecule has 1 saturated carbocycles. The number of aromatic nitrogens is 3. The minimum atomic E-state index is -0.711. The van der Waals surface area contributed by atoms with Crippen molar-refractivity contribution < 1.29 is 13.6 Å². The number of aromatic amines is 1. The summed E-state index contributed by atoms with van der Waals surface area (Å²) in [4.78, 5) is 47.1. The van der Waals surface area contributed by atoms with Crippen LogP contribution in [-0.4, -0.2) is 58.6 Å². The molecule has 1 amide bonds. The Hall–Kier alpha value is -3.60. The standard InChI is InChI=1S/C24H26F2N6O3/c1-27-22(33)17-7-8-18(21(26)28-17)31-11-9-30(10-12-31)13-14-5-6-16-20(19(14)25)29-24(35)32(23(16)34)15-3-2-4-15/h5-8,15H,2-4,9-13H2,1H3,(H,27,33)(H,29,35). The van der Waals surface area contributed by atoms with Crippen LogP contribution in [-0.2, 0) is 6.54 Å². The quantitative estimate of drug-likeness (QED) is 0.535. The van der Waals surface area contributed by atoms with Crippen molar-refractivity contribution in [1.29, 1.82) is 0 Å². The highest BCUT2D eigenvalue weighted by Crippen LogP contribution is 2.29. The second-order valence-corrected chi connectivity index (χ2v) is 9.00. The molecule has 184 valence electrons. The van der Waals surface area contributed by atoms with Gasteiger partial charge in [-0.05, 0) is 37.5 Å². The Morgan fingerprint density at radius 1 is 1.11 bits per heavy atom. The summed E-state index contributed by atoms with van der Waals surface area (Å²) < 4.78 is 31.0. The molecule has 2 aliphatic rings. The van der Waals surface area contributed by atoms with Gasteiger partial charge in [0.05, 0.1) is 16.6 Å². The number of hydrogen-bond acceptors (Lipinski definition) is 6. The molecule has 1 aromatic carbocycles. The normalized spacial score (nSPS) is 16.9. The number of carbonyl (C=O) groups excluding carboxylic acids is 1. The summed E-state index contributed by atoms with van der Waals surface area (Å²) in [6.07, 6.45) is 2.53. The first-order valence-corrected chi connectivity index (χ1v) is 11.7. The summed E-state index contributed by atoms with van der Waals surface area (Å²) in [5, 5.41) is 2.59. The first-order valence-electron chi connectivity index (χ1n) is 11.7. The average molecular weight is 485 g/mol. The van der Waals surface area contributed by atoms with Gasteiger partial charge in [0.2, 0.25) is 5.95 Å². The van der Waals surface area contributed by atoms with Gasteiger partial charge >= 0.3 is 5.69 Å². The molecule has 2 aromatic heterocycles. The zero-order valence-electron chi connectivity index (χ0n) is 19.3. The largest absolute Gasteiger partial charge is 0.365 e. The van der Waals surface area contributed by atoms with E-state index >= 15 is 4.39 Å². The summed E-state index contributed by atoms with van der Waals surface area (Å²) in [7, 11) is 1.45. The van der Waals surface area contributed by atoms with Crippen LogP contribution in [0.5, 0.6) is 0 Å². The van der Waals surface area contributed by atoms with Gasteiger partial charge in [0.15, 0.2) is 5.82 Å². The first kappa shape index (κ1) is 23.2. The molecule has 2 N–H and O–H groups in total. The topological polar surface area (TPSA) is 103 Å². The van der Waals surface area contributed by atoms with Gasteiger partial charge in [-0.1, -0.05) is 6.07 Å². The van der Waals surface area contributed by atoms with Gasteiger partial charge < -0.3 is 15.2 Å². The van der Waals surface area contributed by atoms with Crippen LogP contribution in [0, 0.1) is 11.8 Å². The van der Waals surface area contributed by atoms with Crippen molar-refractivity contribution in [2.75, 3.05) is 38.1 Å². The van der Waals surface area contributed by atoms with Gasteiger partial charge in [-0.3, -0.25) is 19.1 Å². The minimum absolute atomic E-state index is 0.0108. The van der Waals surface area contributed by atoms with Crippen molar-refractivity contribution in [1.82, 2.24) is 24.8 Å². The number of amides is 1. The molecule has 1 aliphatic carbocycles. The third-order valence-electron chi connectivity index (χ3n) is 6.96. The third kappa shape index (κ3) is 4.20. The molecule has 1 aliphatic heterocycles. The number of halogens is 2. The molecule has 11 heteroatoms. The predicted octanol–water partition coefficient (Wildman–Crippen LogP) is 1.77. The van der Waals surface area contributed by atoms with Crippen molar-refractivity contribution in [3.8, 4) is 0 Å². The van der Waals surface area contributed by atoms with E-state index < -0.39 is 28.9 Å². The van der Waals surface area contributed by atoms with Crippen LogP contribution in [0.4, 0.5) is 14.5 Å². The van der Waals surface area contributed by atoms with Crippen molar-refractivity contribution in [3.63, 3.8) is 0 Å². The molecule has 1 saturated heterocycles. The zero-order chi connectivity index (χ0) is 24.7. The lowest BCUT2D eigenvalue weighted by molar-refractivity contribution is 0.0957. The maximum Gasteiger partial charge on any atom is 0.329 e. The molecule has 2 fully saturated rings. The number of nitrogens with one attached hydrogen (secondary N) is 2. The number of benzene rings is 1.